The Hall–Kier alpha value is -4.26. The van der Waals surface area contributed by atoms with Crippen LogP contribution in [0.4, 0.5) is 10.1 Å². The first-order chi connectivity index (χ1) is 13.8. The van der Waals surface area contributed by atoms with Crippen molar-refractivity contribution in [1.82, 2.24) is 9.78 Å². The fraction of sp³-hybridized carbons (Fsp3) is 0.105. The highest BCUT2D eigenvalue weighted by Gasteiger charge is 2.21. The summed E-state index contributed by atoms with van der Waals surface area (Å²) in [5, 5.41) is 24.1. The van der Waals surface area contributed by atoms with E-state index in [1.165, 1.54) is 13.2 Å². The molecule has 29 heavy (non-hydrogen) atoms. The maximum Gasteiger partial charge on any atom is 0.325 e. The average Bonchev–Trinajstić information content (AvgIpc) is 3.12. The molecule has 0 unspecified atom stereocenters. The largest absolute Gasteiger partial charge is 0.496 e. The molecule has 1 aromatic heterocycles. The van der Waals surface area contributed by atoms with Gasteiger partial charge in [-0.25, -0.2) is 9.07 Å². The maximum absolute atomic E-state index is 13.9. The van der Waals surface area contributed by atoms with Crippen LogP contribution in [0.1, 0.15) is 27.2 Å². The SMILES string of the molecule is COc1c(Cc2ccc(-n3ncc([N+](=O)[O-])c3C#N)cc2)cc(F)cc1C(N)=O. The topological polar surface area (TPSA) is 137 Å². The van der Waals surface area contributed by atoms with Gasteiger partial charge in [0.05, 0.1) is 23.3 Å². The first-order valence-corrected chi connectivity index (χ1v) is 8.23. The molecule has 0 atom stereocenters. The van der Waals surface area contributed by atoms with Crippen LogP contribution in [-0.2, 0) is 6.42 Å². The van der Waals surface area contributed by atoms with Gasteiger partial charge < -0.3 is 10.5 Å². The second kappa shape index (κ2) is 7.77. The number of nitrogens with two attached hydrogens (primary N) is 1. The minimum Gasteiger partial charge on any atom is -0.496 e. The Morgan fingerprint density at radius 2 is 2.07 bits per heavy atom. The second-order valence-corrected chi connectivity index (χ2v) is 6.01. The molecular formula is C19H14FN5O4. The third-order valence-electron chi connectivity index (χ3n) is 4.23. The van der Waals surface area contributed by atoms with Crippen LogP contribution >= 0.6 is 0 Å². The molecule has 0 aliphatic heterocycles. The lowest BCUT2D eigenvalue weighted by molar-refractivity contribution is -0.385. The number of nitro groups is 1. The van der Waals surface area contributed by atoms with Gasteiger partial charge in [0.25, 0.3) is 5.91 Å². The molecule has 3 rings (SSSR count). The van der Waals surface area contributed by atoms with E-state index < -0.39 is 16.6 Å². The van der Waals surface area contributed by atoms with E-state index in [2.05, 4.69) is 5.10 Å². The van der Waals surface area contributed by atoms with Crippen LogP contribution in [-0.4, -0.2) is 27.7 Å². The van der Waals surface area contributed by atoms with E-state index in [1.807, 2.05) is 0 Å². The van der Waals surface area contributed by atoms with Gasteiger partial charge in [-0.1, -0.05) is 12.1 Å². The van der Waals surface area contributed by atoms with E-state index in [0.717, 1.165) is 22.5 Å². The monoisotopic (exact) mass is 395 g/mol. The number of carbonyl (C=O) groups excluding carboxylic acids is 1. The lowest BCUT2D eigenvalue weighted by atomic mass is 10.0. The zero-order valence-corrected chi connectivity index (χ0v) is 15.1. The Labute approximate surface area is 163 Å². The van der Waals surface area contributed by atoms with Crippen molar-refractivity contribution in [3.05, 3.63) is 80.9 Å². The number of nitriles is 1. The summed E-state index contributed by atoms with van der Waals surface area (Å²) in [5.74, 6) is -1.23. The minimum absolute atomic E-state index is 0.0540. The number of ether oxygens (including phenoxy) is 1. The molecule has 0 saturated carbocycles. The van der Waals surface area contributed by atoms with Crippen molar-refractivity contribution >= 4 is 11.6 Å². The van der Waals surface area contributed by atoms with Crippen molar-refractivity contribution < 1.29 is 18.8 Å². The number of halogens is 1. The quantitative estimate of drug-likeness (QED) is 0.503. The summed E-state index contributed by atoms with van der Waals surface area (Å²) in [5.41, 5.74) is 6.27. The van der Waals surface area contributed by atoms with Crippen molar-refractivity contribution in [2.24, 2.45) is 5.73 Å². The fourth-order valence-electron chi connectivity index (χ4n) is 2.95. The molecule has 1 amide bonds. The van der Waals surface area contributed by atoms with Gasteiger partial charge in [-0.05, 0) is 29.8 Å². The van der Waals surface area contributed by atoms with Gasteiger partial charge in [0.1, 0.15) is 23.8 Å². The van der Waals surface area contributed by atoms with Gasteiger partial charge in [-0.15, -0.1) is 0 Å². The van der Waals surface area contributed by atoms with Crippen LogP contribution in [0.5, 0.6) is 5.75 Å². The molecule has 0 aliphatic carbocycles. The number of carbonyl (C=O) groups is 1. The number of primary amides is 1. The zero-order chi connectivity index (χ0) is 21.1. The zero-order valence-electron chi connectivity index (χ0n) is 15.1. The number of aromatic nitrogens is 2. The van der Waals surface area contributed by atoms with E-state index in [1.54, 1.807) is 30.3 Å². The molecule has 0 spiro atoms. The molecule has 3 aromatic rings. The van der Waals surface area contributed by atoms with E-state index in [4.69, 9.17) is 10.5 Å². The maximum atomic E-state index is 13.9. The van der Waals surface area contributed by atoms with Crippen molar-refractivity contribution in [2.75, 3.05) is 7.11 Å². The summed E-state index contributed by atoms with van der Waals surface area (Å²) in [6.45, 7) is 0. The van der Waals surface area contributed by atoms with Gasteiger partial charge in [-0.3, -0.25) is 14.9 Å². The van der Waals surface area contributed by atoms with E-state index in [0.29, 0.717) is 11.3 Å². The summed E-state index contributed by atoms with van der Waals surface area (Å²) in [7, 11) is 1.36. The summed E-state index contributed by atoms with van der Waals surface area (Å²) in [4.78, 5) is 21.8. The Bertz CT molecular complexity index is 1150. The number of methoxy groups -OCH3 is 1. The normalized spacial score (nSPS) is 10.4. The lowest BCUT2D eigenvalue weighted by Crippen LogP contribution is -2.14. The molecule has 1 heterocycles. The number of hydrogen-bond acceptors (Lipinski definition) is 6. The highest BCUT2D eigenvalue weighted by molar-refractivity contribution is 5.96. The van der Waals surface area contributed by atoms with Crippen molar-refractivity contribution in [3.63, 3.8) is 0 Å². The van der Waals surface area contributed by atoms with Gasteiger partial charge in [-0.2, -0.15) is 10.4 Å². The van der Waals surface area contributed by atoms with Crippen LogP contribution in [0.3, 0.4) is 0 Å². The smallest absolute Gasteiger partial charge is 0.325 e. The van der Waals surface area contributed by atoms with E-state index in [9.17, 15) is 24.6 Å². The van der Waals surface area contributed by atoms with Gasteiger partial charge in [0, 0.05) is 12.0 Å². The fourth-order valence-corrected chi connectivity index (χ4v) is 2.95. The Morgan fingerprint density at radius 1 is 1.38 bits per heavy atom. The molecule has 0 saturated heterocycles. The number of rotatable bonds is 6. The second-order valence-electron chi connectivity index (χ2n) is 6.01. The molecule has 9 nitrogen and oxygen atoms in total. The van der Waals surface area contributed by atoms with Crippen LogP contribution in [0, 0.1) is 27.3 Å². The Morgan fingerprint density at radius 3 is 2.62 bits per heavy atom. The molecule has 0 fully saturated rings. The van der Waals surface area contributed by atoms with Gasteiger partial charge >= 0.3 is 5.69 Å². The third-order valence-corrected chi connectivity index (χ3v) is 4.23. The first kappa shape index (κ1) is 19.5. The van der Waals surface area contributed by atoms with Crippen LogP contribution < -0.4 is 10.5 Å². The van der Waals surface area contributed by atoms with Gasteiger partial charge in [0.15, 0.2) is 0 Å². The lowest BCUT2D eigenvalue weighted by Gasteiger charge is -2.13. The van der Waals surface area contributed by atoms with Crippen molar-refractivity contribution in [1.29, 1.82) is 5.26 Å². The molecular weight excluding hydrogens is 381 g/mol. The standard InChI is InChI=1S/C19H14FN5O4/c1-29-18-12(7-13(20)8-15(18)19(22)26)6-11-2-4-14(5-3-11)24-16(9-21)17(10-23-24)25(27)28/h2-5,7-8,10H,6H2,1H3,(H2,22,26). The third kappa shape index (κ3) is 3.74. The van der Waals surface area contributed by atoms with Crippen molar-refractivity contribution in [3.8, 4) is 17.5 Å². The minimum atomic E-state index is -0.803. The molecule has 0 bridgehead atoms. The first-order valence-electron chi connectivity index (χ1n) is 8.23. The number of benzene rings is 2. The molecule has 2 aromatic carbocycles. The van der Waals surface area contributed by atoms with Crippen molar-refractivity contribution in [2.45, 2.75) is 6.42 Å². The molecule has 0 aliphatic rings. The van der Waals surface area contributed by atoms with E-state index >= 15 is 0 Å². The highest BCUT2D eigenvalue weighted by Crippen LogP contribution is 2.28. The molecule has 10 heteroatoms. The number of nitrogens with zero attached hydrogens (tertiary/aromatic N) is 4. The molecule has 0 radical (unpaired) electrons. The summed E-state index contributed by atoms with van der Waals surface area (Å²) >= 11 is 0. The number of amides is 1. The summed E-state index contributed by atoms with van der Waals surface area (Å²) < 4.78 is 20.3. The molecule has 146 valence electrons. The van der Waals surface area contributed by atoms with Crippen LogP contribution in [0.15, 0.2) is 42.6 Å². The predicted molar refractivity (Wildman–Crippen MR) is 99.2 cm³/mol. The summed E-state index contributed by atoms with van der Waals surface area (Å²) in [6, 6.07) is 10.7. The molecule has 2 N–H and O–H groups in total. The Balaban J connectivity index is 1.95. The average molecular weight is 395 g/mol. The predicted octanol–water partition coefficient (Wildman–Crippen LogP) is 2.49. The van der Waals surface area contributed by atoms with Crippen LogP contribution in [0.25, 0.3) is 5.69 Å². The van der Waals surface area contributed by atoms with E-state index in [-0.39, 0.29) is 29.1 Å². The summed E-state index contributed by atoms with van der Waals surface area (Å²) in [6.07, 6.45) is 1.25. The number of hydrogen-bond donors (Lipinski definition) is 1. The van der Waals surface area contributed by atoms with Crippen LogP contribution in [0.2, 0.25) is 0 Å². The highest BCUT2D eigenvalue weighted by atomic mass is 19.1. The van der Waals surface area contributed by atoms with Gasteiger partial charge in [0.2, 0.25) is 5.69 Å². The Kier molecular flexibility index (Phi) is 5.23.